The van der Waals surface area contributed by atoms with Gasteiger partial charge in [-0.05, 0) is 68.0 Å². The van der Waals surface area contributed by atoms with E-state index in [0.29, 0.717) is 11.5 Å². The Bertz CT molecular complexity index is 829. The molecule has 0 aromatic heterocycles. The Kier molecular flexibility index (Phi) is 6.57. The average Bonchev–Trinajstić information content (AvgIpc) is 3.58. The molecule has 2 amide bonds. The Hall–Kier alpha value is -2.82. The summed E-state index contributed by atoms with van der Waals surface area (Å²) >= 11 is 0. The van der Waals surface area contributed by atoms with Gasteiger partial charge in [0.2, 0.25) is 5.91 Å². The van der Waals surface area contributed by atoms with Crippen LogP contribution in [0.3, 0.4) is 0 Å². The first kappa shape index (κ1) is 20.9. The molecule has 5 heteroatoms. The van der Waals surface area contributed by atoms with Gasteiger partial charge in [0.05, 0.1) is 7.11 Å². The third-order valence-corrected chi connectivity index (χ3v) is 5.55. The second-order valence-corrected chi connectivity index (χ2v) is 8.05. The largest absolute Gasteiger partial charge is 0.497 e. The van der Waals surface area contributed by atoms with Gasteiger partial charge in [0.1, 0.15) is 11.8 Å². The standard InChI is InChI=1S/C24H30N2O3/c1-16(2)22(25-23(27)19-8-6-5-7-9-19)24(28)26(17(3)18-10-11-18)20-12-14-21(29-4)15-13-20/h5-9,12-18,22H,10-11H2,1-4H3,(H,25,27). The Labute approximate surface area is 173 Å². The van der Waals surface area contributed by atoms with E-state index >= 15 is 0 Å². The molecule has 0 spiro atoms. The summed E-state index contributed by atoms with van der Waals surface area (Å²) in [5.41, 5.74) is 1.38. The summed E-state index contributed by atoms with van der Waals surface area (Å²) < 4.78 is 5.26. The smallest absolute Gasteiger partial charge is 0.251 e. The van der Waals surface area contributed by atoms with E-state index in [-0.39, 0.29) is 23.8 Å². The highest BCUT2D eigenvalue weighted by Gasteiger charge is 2.38. The van der Waals surface area contributed by atoms with Crippen molar-refractivity contribution in [3.63, 3.8) is 0 Å². The minimum atomic E-state index is -0.606. The molecule has 154 valence electrons. The van der Waals surface area contributed by atoms with Gasteiger partial charge >= 0.3 is 0 Å². The second-order valence-electron chi connectivity index (χ2n) is 8.05. The molecule has 1 N–H and O–H groups in total. The van der Waals surface area contributed by atoms with Gasteiger partial charge in [-0.3, -0.25) is 9.59 Å². The van der Waals surface area contributed by atoms with Crippen molar-refractivity contribution < 1.29 is 14.3 Å². The van der Waals surface area contributed by atoms with Crippen LogP contribution in [0.1, 0.15) is 44.0 Å². The van der Waals surface area contributed by atoms with Crippen LogP contribution >= 0.6 is 0 Å². The monoisotopic (exact) mass is 394 g/mol. The Balaban J connectivity index is 1.87. The van der Waals surface area contributed by atoms with Gasteiger partial charge in [0.15, 0.2) is 0 Å². The highest BCUT2D eigenvalue weighted by atomic mass is 16.5. The maximum atomic E-state index is 13.7. The van der Waals surface area contributed by atoms with E-state index in [1.165, 1.54) is 0 Å². The summed E-state index contributed by atoms with van der Waals surface area (Å²) in [5.74, 6) is 0.902. The summed E-state index contributed by atoms with van der Waals surface area (Å²) in [4.78, 5) is 28.2. The summed E-state index contributed by atoms with van der Waals surface area (Å²) in [6.07, 6.45) is 2.26. The van der Waals surface area contributed by atoms with Crippen LogP contribution in [-0.4, -0.2) is 31.0 Å². The molecule has 0 aliphatic heterocycles. The fourth-order valence-corrected chi connectivity index (χ4v) is 3.57. The van der Waals surface area contributed by atoms with Gasteiger partial charge in [0.25, 0.3) is 5.91 Å². The third kappa shape index (κ3) is 4.97. The lowest BCUT2D eigenvalue weighted by Gasteiger charge is -2.34. The Morgan fingerprint density at radius 3 is 2.14 bits per heavy atom. The van der Waals surface area contributed by atoms with E-state index in [4.69, 9.17) is 4.74 Å². The van der Waals surface area contributed by atoms with Gasteiger partial charge < -0.3 is 15.0 Å². The molecule has 0 heterocycles. The topological polar surface area (TPSA) is 58.6 Å². The van der Waals surface area contributed by atoms with Crippen LogP contribution in [-0.2, 0) is 4.79 Å². The van der Waals surface area contributed by atoms with Gasteiger partial charge in [-0.25, -0.2) is 0 Å². The van der Waals surface area contributed by atoms with Crippen LogP contribution in [0, 0.1) is 11.8 Å². The fraction of sp³-hybridized carbons (Fsp3) is 0.417. The molecule has 2 aromatic rings. The first-order chi connectivity index (χ1) is 13.9. The van der Waals surface area contributed by atoms with Gasteiger partial charge in [-0.15, -0.1) is 0 Å². The second kappa shape index (κ2) is 9.12. The molecule has 2 atom stereocenters. The number of amides is 2. The fourth-order valence-electron chi connectivity index (χ4n) is 3.57. The van der Waals surface area contributed by atoms with Crippen molar-refractivity contribution in [3.8, 4) is 5.75 Å². The predicted molar refractivity (Wildman–Crippen MR) is 115 cm³/mol. The maximum Gasteiger partial charge on any atom is 0.251 e. The maximum absolute atomic E-state index is 13.7. The van der Waals surface area contributed by atoms with Crippen LogP contribution in [0.25, 0.3) is 0 Å². The van der Waals surface area contributed by atoms with Crippen molar-refractivity contribution in [2.24, 2.45) is 11.8 Å². The summed E-state index contributed by atoms with van der Waals surface area (Å²) in [7, 11) is 1.62. The molecule has 2 aromatic carbocycles. The Morgan fingerprint density at radius 1 is 1.00 bits per heavy atom. The van der Waals surface area contributed by atoms with E-state index < -0.39 is 6.04 Å². The molecule has 5 nitrogen and oxygen atoms in total. The molecule has 1 aliphatic rings. The molecule has 1 fully saturated rings. The Morgan fingerprint density at radius 2 is 1.62 bits per heavy atom. The molecule has 1 aliphatic carbocycles. The highest BCUT2D eigenvalue weighted by molar-refractivity contribution is 6.02. The molecular formula is C24H30N2O3. The number of anilines is 1. The minimum absolute atomic E-state index is 0.0395. The molecule has 0 bridgehead atoms. The number of nitrogens with zero attached hydrogens (tertiary/aromatic N) is 1. The number of carbonyl (C=O) groups excluding carboxylic acids is 2. The lowest BCUT2D eigenvalue weighted by molar-refractivity contribution is -0.121. The van der Waals surface area contributed by atoms with E-state index in [9.17, 15) is 9.59 Å². The number of nitrogens with one attached hydrogen (secondary N) is 1. The SMILES string of the molecule is COc1ccc(N(C(=O)C(NC(=O)c2ccccc2)C(C)C)C(C)C2CC2)cc1. The molecule has 0 saturated heterocycles. The van der Waals surface area contributed by atoms with Crippen molar-refractivity contribution in [2.45, 2.75) is 45.7 Å². The number of methoxy groups -OCH3 is 1. The van der Waals surface area contributed by atoms with Crippen molar-refractivity contribution in [1.82, 2.24) is 5.32 Å². The van der Waals surface area contributed by atoms with E-state index in [2.05, 4.69) is 12.2 Å². The van der Waals surface area contributed by atoms with Crippen LogP contribution in [0.2, 0.25) is 0 Å². The van der Waals surface area contributed by atoms with Gasteiger partial charge in [0, 0.05) is 17.3 Å². The van der Waals surface area contributed by atoms with Crippen LogP contribution < -0.4 is 15.0 Å². The number of benzene rings is 2. The zero-order chi connectivity index (χ0) is 21.0. The number of hydrogen-bond donors (Lipinski definition) is 1. The van der Waals surface area contributed by atoms with Crippen LogP contribution in [0.5, 0.6) is 5.75 Å². The zero-order valence-electron chi connectivity index (χ0n) is 17.6. The molecule has 2 unspecified atom stereocenters. The summed E-state index contributed by atoms with van der Waals surface area (Å²) in [6, 6.07) is 16.0. The first-order valence-electron chi connectivity index (χ1n) is 10.3. The molecule has 1 saturated carbocycles. The van der Waals surface area contributed by atoms with E-state index in [1.807, 2.05) is 61.2 Å². The number of hydrogen-bond acceptors (Lipinski definition) is 3. The predicted octanol–water partition coefficient (Wildman–Crippen LogP) is 4.28. The molecule has 0 radical (unpaired) electrons. The van der Waals surface area contributed by atoms with Crippen molar-refractivity contribution in [1.29, 1.82) is 0 Å². The van der Waals surface area contributed by atoms with Gasteiger partial charge in [-0.2, -0.15) is 0 Å². The van der Waals surface area contributed by atoms with E-state index in [1.54, 1.807) is 19.2 Å². The molecule has 3 rings (SSSR count). The lowest BCUT2D eigenvalue weighted by Crippen LogP contribution is -2.54. The zero-order valence-corrected chi connectivity index (χ0v) is 17.6. The minimum Gasteiger partial charge on any atom is -0.497 e. The number of carbonyl (C=O) groups is 2. The number of ether oxygens (including phenoxy) is 1. The number of rotatable bonds is 8. The van der Waals surface area contributed by atoms with Crippen molar-refractivity contribution in [2.75, 3.05) is 12.0 Å². The highest BCUT2D eigenvalue weighted by Crippen LogP contribution is 2.37. The molecule has 29 heavy (non-hydrogen) atoms. The van der Waals surface area contributed by atoms with Crippen LogP contribution in [0.4, 0.5) is 5.69 Å². The first-order valence-corrected chi connectivity index (χ1v) is 10.3. The lowest BCUT2D eigenvalue weighted by atomic mass is 9.99. The molecular weight excluding hydrogens is 364 g/mol. The van der Waals surface area contributed by atoms with Crippen molar-refractivity contribution >= 4 is 17.5 Å². The summed E-state index contributed by atoms with van der Waals surface area (Å²) in [5, 5.41) is 2.96. The van der Waals surface area contributed by atoms with Crippen molar-refractivity contribution in [3.05, 3.63) is 60.2 Å². The van der Waals surface area contributed by atoms with Gasteiger partial charge in [-0.1, -0.05) is 32.0 Å². The van der Waals surface area contributed by atoms with E-state index in [0.717, 1.165) is 24.3 Å². The summed E-state index contributed by atoms with van der Waals surface area (Å²) in [6.45, 7) is 6.01. The average molecular weight is 395 g/mol. The third-order valence-electron chi connectivity index (χ3n) is 5.55. The normalized spacial score (nSPS) is 15.5. The van der Waals surface area contributed by atoms with Crippen LogP contribution in [0.15, 0.2) is 54.6 Å². The quantitative estimate of drug-likeness (QED) is 0.727.